The summed E-state index contributed by atoms with van der Waals surface area (Å²) in [5, 5.41) is 6.59. The number of aryl methyl sites for hydroxylation is 1. The van der Waals surface area contributed by atoms with Crippen LogP contribution in [0.2, 0.25) is 0 Å². The minimum Gasteiger partial charge on any atom is -0.361 e. The molecule has 5 nitrogen and oxygen atoms in total. The smallest absolute Gasteiger partial charge is 0.239 e. The number of nitrogens with one attached hydrogen (secondary N) is 3. The quantitative estimate of drug-likeness (QED) is 0.621. The maximum atomic E-state index is 12.0. The molecule has 0 aliphatic carbocycles. The fraction of sp³-hybridized carbons (Fsp3) is 0.200. The third-order valence-electron chi connectivity index (χ3n) is 4.07. The Morgan fingerprint density at radius 3 is 2.48 bits per heavy atom. The summed E-state index contributed by atoms with van der Waals surface area (Å²) in [7, 11) is 0. The minimum atomic E-state index is -0.190. The number of amides is 2. The SMILES string of the molecule is O=C(CCc1c[nH]c2ccccc12)NCC(=O)NCc1ccccc1. The number of hydrogen-bond donors (Lipinski definition) is 3. The Balaban J connectivity index is 1.40. The first kappa shape index (κ1) is 16.8. The number of aromatic nitrogens is 1. The number of fused-ring (bicyclic) bond motifs is 1. The largest absolute Gasteiger partial charge is 0.361 e. The van der Waals surface area contributed by atoms with E-state index in [1.165, 1.54) is 0 Å². The molecule has 0 saturated carbocycles. The molecule has 25 heavy (non-hydrogen) atoms. The second-order valence-corrected chi connectivity index (χ2v) is 5.90. The first-order chi connectivity index (χ1) is 12.2. The molecule has 0 bridgehead atoms. The van der Waals surface area contributed by atoms with Crippen molar-refractivity contribution in [1.82, 2.24) is 15.6 Å². The van der Waals surface area contributed by atoms with E-state index < -0.39 is 0 Å². The topological polar surface area (TPSA) is 74.0 Å². The van der Waals surface area contributed by atoms with Gasteiger partial charge in [-0.15, -0.1) is 0 Å². The molecular formula is C20H21N3O2. The van der Waals surface area contributed by atoms with Gasteiger partial charge in [0.2, 0.25) is 11.8 Å². The van der Waals surface area contributed by atoms with Crippen molar-refractivity contribution in [3.05, 3.63) is 71.9 Å². The maximum Gasteiger partial charge on any atom is 0.239 e. The van der Waals surface area contributed by atoms with Crippen LogP contribution in [0.25, 0.3) is 10.9 Å². The Morgan fingerprint density at radius 1 is 0.880 bits per heavy atom. The molecular weight excluding hydrogens is 314 g/mol. The Kier molecular flexibility index (Phi) is 5.46. The lowest BCUT2D eigenvalue weighted by Crippen LogP contribution is -2.36. The highest BCUT2D eigenvalue weighted by atomic mass is 16.2. The van der Waals surface area contributed by atoms with Crippen molar-refractivity contribution in [2.75, 3.05) is 6.54 Å². The van der Waals surface area contributed by atoms with E-state index in [4.69, 9.17) is 0 Å². The number of benzene rings is 2. The number of rotatable bonds is 7. The Bertz CT molecular complexity index is 856. The molecule has 0 saturated heterocycles. The van der Waals surface area contributed by atoms with Gasteiger partial charge in [-0.1, -0.05) is 48.5 Å². The molecule has 0 unspecified atom stereocenters. The molecule has 0 aliphatic rings. The van der Waals surface area contributed by atoms with Crippen molar-refractivity contribution in [2.24, 2.45) is 0 Å². The van der Waals surface area contributed by atoms with Crippen molar-refractivity contribution in [3.63, 3.8) is 0 Å². The zero-order valence-corrected chi connectivity index (χ0v) is 13.9. The molecule has 5 heteroatoms. The van der Waals surface area contributed by atoms with Crippen molar-refractivity contribution in [1.29, 1.82) is 0 Å². The van der Waals surface area contributed by atoms with Gasteiger partial charge in [0.15, 0.2) is 0 Å². The van der Waals surface area contributed by atoms with Crippen LogP contribution in [0.4, 0.5) is 0 Å². The number of para-hydroxylation sites is 1. The summed E-state index contributed by atoms with van der Waals surface area (Å²) < 4.78 is 0. The van der Waals surface area contributed by atoms with Gasteiger partial charge in [0.05, 0.1) is 6.54 Å². The van der Waals surface area contributed by atoms with E-state index in [9.17, 15) is 9.59 Å². The summed E-state index contributed by atoms with van der Waals surface area (Å²) in [6.07, 6.45) is 2.93. The Hall–Kier alpha value is -3.08. The zero-order valence-electron chi connectivity index (χ0n) is 13.9. The average molecular weight is 335 g/mol. The number of carbonyl (C=O) groups is 2. The molecule has 3 aromatic rings. The lowest BCUT2D eigenvalue weighted by Gasteiger charge is -2.07. The first-order valence-electron chi connectivity index (χ1n) is 8.34. The molecule has 1 aromatic heterocycles. The van der Waals surface area contributed by atoms with Gasteiger partial charge >= 0.3 is 0 Å². The van der Waals surface area contributed by atoms with Crippen LogP contribution in [0.3, 0.4) is 0 Å². The molecule has 128 valence electrons. The van der Waals surface area contributed by atoms with Crippen LogP contribution < -0.4 is 10.6 Å². The average Bonchev–Trinajstić information content (AvgIpc) is 3.07. The van der Waals surface area contributed by atoms with Gasteiger partial charge in [0.1, 0.15) is 0 Å². The predicted octanol–water partition coefficient (Wildman–Crippen LogP) is 2.53. The third kappa shape index (κ3) is 4.70. The molecule has 0 spiro atoms. The Labute approximate surface area is 146 Å². The second kappa shape index (κ2) is 8.15. The summed E-state index contributed by atoms with van der Waals surface area (Å²) >= 11 is 0. The summed E-state index contributed by atoms with van der Waals surface area (Å²) in [5.74, 6) is -0.315. The van der Waals surface area contributed by atoms with Crippen LogP contribution >= 0.6 is 0 Å². The fourth-order valence-corrected chi connectivity index (χ4v) is 2.71. The van der Waals surface area contributed by atoms with E-state index in [0.717, 1.165) is 22.0 Å². The maximum absolute atomic E-state index is 12.0. The van der Waals surface area contributed by atoms with Gasteiger partial charge in [0.25, 0.3) is 0 Å². The predicted molar refractivity (Wildman–Crippen MR) is 97.9 cm³/mol. The van der Waals surface area contributed by atoms with Gasteiger partial charge in [-0.25, -0.2) is 0 Å². The highest BCUT2D eigenvalue weighted by Gasteiger charge is 2.08. The standard InChI is InChI=1S/C20H21N3O2/c24-19(11-10-16-13-21-18-9-5-4-8-17(16)18)23-14-20(25)22-12-15-6-2-1-3-7-15/h1-9,13,21H,10-12,14H2,(H,22,25)(H,23,24). The number of carbonyl (C=O) groups excluding carboxylic acids is 2. The summed E-state index contributed by atoms with van der Waals surface area (Å²) in [6.45, 7) is 0.463. The molecule has 0 radical (unpaired) electrons. The van der Waals surface area contributed by atoms with E-state index in [0.29, 0.717) is 19.4 Å². The molecule has 3 N–H and O–H groups in total. The first-order valence-corrected chi connectivity index (χ1v) is 8.34. The van der Waals surface area contributed by atoms with E-state index in [1.54, 1.807) is 0 Å². The van der Waals surface area contributed by atoms with E-state index >= 15 is 0 Å². The lowest BCUT2D eigenvalue weighted by molar-refractivity contribution is -0.126. The van der Waals surface area contributed by atoms with Crippen LogP contribution in [0, 0.1) is 0 Å². The monoisotopic (exact) mass is 335 g/mol. The normalized spacial score (nSPS) is 10.6. The molecule has 1 heterocycles. The highest BCUT2D eigenvalue weighted by Crippen LogP contribution is 2.18. The van der Waals surface area contributed by atoms with E-state index in [-0.39, 0.29) is 18.4 Å². The number of hydrogen-bond acceptors (Lipinski definition) is 2. The molecule has 2 amide bonds. The molecule has 0 atom stereocenters. The highest BCUT2D eigenvalue weighted by molar-refractivity contribution is 5.86. The number of H-pyrrole nitrogens is 1. The van der Waals surface area contributed by atoms with Gasteiger partial charge < -0.3 is 15.6 Å². The van der Waals surface area contributed by atoms with Crippen molar-refractivity contribution >= 4 is 22.7 Å². The van der Waals surface area contributed by atoms with Crippen LogP contribution in [-0.2, 0) is 22.6 Å². The molecule has 3 rings (SSSR count). The van der Waals surface area contributed by atoms with Gasteiger partial charge in [0, 0.05) is 30.1 Å². The van der Waals surface area contributed by atoms with Gasteiger partial charge in [-0.2, -0.15) is 0 Å². The number of aromatic amines is 1. The molecule has 0 aliphatic heterocycles. The van der Waals surface area contributed by atoms with Crippen molar-refractivity contribution in [2.45, 2.75) is 19.4 Å². The fourth-order valence-electron chi connectivity index (χ4n) is 2.71. The summed E-state index contributed by atoms with van der Waals surface area (Å²) in [5.41, 5.74) is 3.21. The van der Waals surface area contributed by atoms with E-state index in [1.807, 2.05) is 60.8 Å². The molecule has 2 aromatic carbocycles. The Morgan fingerprint density at radius 2 is 1.64 bits per heavy atom. The van der Waals surface area contributed by atoms with Gasteiger partial charge in [-0.3, -0.25) is 9.59 Å². The van der Waals surface area contributed by atoms with Crippen LogP contribution in [-0.4, -0.2) is 23.3 Å². The summed E-state index contributed by atoms with van der Waals surface area (Å²) in [4.78, 5) is 26.9. The minimum absolute atomic E-state index is 0.000445. The van der Waals surface area contributed by atoms with Crippen molar-refractivity contribution in [3.8, 4) is 0 Å². The van der Waals surface area contributed by atoms with Crippen molar-refractivity contribution < 1.29 is 9.59 Å². The van der Waals surface area contributed by atoms with Crippen LogP contribution in [0.15, 0.2) is 60.8 Å². The van der Waals surface area contributed by atoms with Crippen LogP contribution in [0.5, 0.6) is 0 Å². The molecule has 0 fully saturated rings. The van der Waals surface area contributed by atoms with E-state index in [2.05, 4.69) is 15.6 Å². The second-order valence-electron chi connectivity index (χ2n) is 5.90. The van der Waals surface area contributed by atoms with Gasteiger partial charge in [-0.05, 0) is 23.6 Å². The third-order valence-corrected chi connectivity index (χ3v) is 4.07. The van der Waals surface area contributed by atoms with Crippen LogP contribution in [0.1, 0.15) is 17.5 Å². The lowest BCUT2D eigenvalue weighted by atomic mass is 10.1. The zero-order chi connectivity index (χ0) is 17.5. The summed E-state index contributed by atoms with van der Waals surface area (Å²) in [6, 6.07) is 17.7.